The predicted octanol–water partition coefficient (Wildman–Crippen LogP) is 2.96. The molecule has 0 spiro atoms. The summed E-state index contributed by atoms with van der Waals surface area (Å²) in [6.45, 7) is 3.12. The number of nitrogens with two attached hydrogens (primary N) is 1. The minimum Gasteiger partial charge on any atom is -0.377 e. The van der Waals surface area contributed by atoms with Crippen LogP contribution in [0.1, 0.15) is 50.2 Å². The zero-order valence-electron chi connectivity index (χ0n) is 13.3. The predicted molar refractivity (Wildman–Crippen MR) is 82.7 cm³/mol. The van der Waals surface area contributed by atoms with Crippen molar-refractivity contribution in [2.24, 2.45) is 5.73 Å². The molecule has 0 saturated heterocycles. The van der Waals surface area contributed by atoms with Crippen molar-refractivity contribution in [3.63, 3.8) is 0 Å². The van der Waals surface area contributed by atoms with Crippen LogP contribution in [-0.4, -0.2) is 39.7 Å². The summed E-state index contributed by atoms with van der Waals surface area (Å²) < 4.78 is 44.7. The Bertz CT molecular complexity index is 495. The molecule has 1 heterocycles. The molecule has 1 aromatic rings. The number of aromatic nitrogens is 3. The van der Waals surface area contributed by atoms with Gasteiger partial charge in [0.1, 0.15) is 18.2 Å². The Kier molecular flexibility index (Phi) is 7.29. The molecule has 9 heteroatoms. The molecular formula is C14H24ClF3N4O. The number of hydrogen-bond acceptors (Lipinski definition) is 4. The maximum Gasteiger partial charge on any atom is 0.408 e. The lowest BCUT2D eigenvalue weighted by atomic mass is 9.83. The first-order valence-corrected chi connectivity index (χ1v) is 7.65. The Morgan fingerprint density at radius 1 is 1.35 bits per heavy atom. The molecule has 0 aromatic carbocycles. The average molecular weight is 357 g/mol. The van der Waals surface area contributed by atoms with E-state index in [4.69, 9.17) is 10.5 Å². The van der Waals surface area contributed by atoms with Crippen molar-refractivity contribution in [2.75, 3.05) is 6.61 Å². The summed E-state index contributed by atoms with van der Waals surface area (Å²) in [6, 6.07) is -0.0668. The third kappa shape index (κ3) is 5.61. The molecule has 23 heavy (non-hydrogen) atoms. The molecule has 3 atom stereocenters. The topological polar surface area (TPSA) is 66.0 Å². The third-order valence-corrected chi connectivity index (χ3v) is 3.88. The monoisotopic (exact) mass is 356 g/mol. The first-order chi connectivity index (χ1) is 10.3. The molecule has 0 unspecified atom stereocenters. The lowest BCUT2D eigenvalue weighted by Gasteiger charge is -2.33. The van der Waals surface area contributed by atoms with Crippen LogP contribution in [0.4, 0.5) is 13.2 Å². The Labute approximate surface area is 140 Å². The largest absolute Gasteiger partial charge is 0.408 e. The molecule has 2 rings (SSSR count). The van der Waals surface area contributed by atoms with Gasteiger partial charge in [0.2, 0.25) is 0 Å². The van der Waals surface area contributed by atoms with Gasteiger partial charge in [0.15, 0.2) is 0 Å². The smallest absolute Gasteiger partial charge is 0.377 e. The highest BCUT2D eigenvalue weighted by atomic mass is 35.5. The number of ether oxygens (including phenoxy) is 1. The number of halogens is 4. The van der Waals surface area contributed by atoms with Gasteiger partial charge in [0.05, 0.1) is 6.10 Å². The number of nitrogens with zero attached hydrogens (tertiary/aromatic N) is 3. The molecule has 5 nitrogen and oxygen atoms in total. The summed E-state index contributed by atoms with van der Waals surface area (Å²) in [4.78, 5) is 4.21. The molecule has 0 bridgehead atoms. The first-order valence-electron chi connectivity index (χ1n) is 7.65. The van der Waals surface area contributed by atoms with Crippen LogP contribution in [0, 0.1) is 6.92 Å². The Morgan fingerprint density at radius 3 is 2.65 bits per heavy atom. The minimum atomic E-state index is -4.31. The Morgan fingerprint density at radius 2 is 2.04 bits per heavy atom. The van der Waals surface area contributed by atoms with Gasteiger partial charge >= 0.3 is 6.18 Å². The average Bonchev–Trinajstić information content (AvgIpc) is 2.76. The molecule has 134 valence electrons. The van der Waals surface area contributed by atoms with Crippen LogP contribution in [0.15, 0.2) is 0 Å². The van der Waals surface area contributed by atoms with Crippen molar-refractivity contribution in [3.8, 4) is 0 Å². The molecule has 1 fully saturated rings. The standard InChI is InChI=1S/C14H23F3N4O.ClH/c1-3-6-22-12-7-10(4-5-11(12)18)13-19-9(2)20-21(13)8-14(15,16)17;/h10-12H,3-8,18H2,1-2H3;1H/t10-,11+,12+;/m0./s1. The van der Waals surface area contributed by atoms with Crippen LogP contribution >= 0.6 is 12.4 Å². The van der Waals surface area contributed by atoms with E-state index in [9.17, 15) is 13.2 Å². The molecule has 0 amide bonds. The van der Waals surface area contributed by atoms with Crippen molar-refractivity contribution >= 4 is 12.4 Å². The van der Waals surface area contributed by atoms with Crippen LogP contribution in [0.2, 0.25) is 0 Å². The van der Waals surface area contributed by atoms with E-state index in [2.05, 4.69) is 10.1 Å². The summed E-state index contributed by atoms with van der Waals surface area (Å²) in [5.74, 6) is 0.664. The van der Waals surface area contributed by atoms with Crippen LogP contribution in [-0.2, 0) is 11.3 Å². The van der Waals surface area contributed by atoms with Gasteiger partial charge in [-0.05, 0) is 32.6 Å². The van der Waals surface area contributed by atoms with Gasteiger partial charge in [-0.25, -0.2) is 9.67 Å². The van der Waals surface area contributed by atoms with Gasteiger partial charge in [-0.15, -0.1) is 12.4 Å². The molecule has 1 saturated carbocycles. The van der Waals surface area contributed by atoms with Crippen LogP contribution in [0.5, 0.6) is 0 Å². The fraction of sp³-hybridized carbons (Fsp3) is 0.857. The van der Waals surface area contributed by atoms with E-state index in [-0.39, 0.29) is 30.5 Å². The highest BCUT2D eigenvalue weighted by Crippen LogP contribution is 2.34. The molecule has 0 aliphatic heterocycles. The first kappa shape index (κ1) is 20.2. The van der Waals surface area contributed by atoms with E-state index >= 15 is 0 Å². The van der Waals surface area contributed by atoms with Crippen molar-refractivity contribution in [1.82, 2.24) is 14.8 Å². The van der Waals surface area contributed by atoms with Crippen molar-refractivity contribution < 1.29 is 17.9 Å². The van der Waals surface area contributed by atoms with E-state index in [1.807, 2.05) is 6.92 Å². The van der Waals surface area contributed by atoms with Gasteiger partial charge in [0, 0.05) is 18.6 Å². The lowest BCUT2D eigenvalue weighted by molar-refractivity contribution is -0.143. The van der Waals surface area contributed by atoms with E-state index in [1.54, 1.807) is 6.92 Å². The maximum atomic E-state index is 12.7. The van der Waals surface area contributed by atoms with Crippen molar-refractivity contribution in [2.45, 2.75) is 70.3 Å². The van der Waals surface area contributed by atoms with Gasteiger partial charge in [-0.1, -0.05) is 6.92 Å². The van der Waals surface area contributed by atoms with Crippen LogP contribution < -0.4 is 5.73 Å². The Hall–Kier alpha value is -0.860. The molecule has 1 aliphatic carbocycles. The summed E-state index contributed by atoms with van der Waals surface area (Å²) in [7, 11) is 0. The fourth-order valence-electron chi connectivity index (χ4n) is 2.91. The second-order valence-corrected chi connectivity index (χ2v) is 5.87. The molecular weight excluding hydrogens is 333 g/mol. The summed E-state index contributed by atoms with van der Waals surface area (Å²) >= 11 is 0. The van der Waals surface area contributed by atoms with Crippen LogP contribution in [0.25, 0.3) is 0 Å². The minimum absolute atomic E-state index is 0. The zero-order valence-corrected chi connectivity index (χ0v) is 14.2. The van der Waals surface area contributed by atoms with E-state index in [0.29, 0.717) is 31.1 Å². The highest BCUT2D eigenvalue weighted by molar-refractivity contribution is 5.85. The number of alkyl halides is 3. The van der Waals surface area contributed by atoms with Gasteiger partial charge in [-0.3, -0.25) is 0 Å². The SMILES string of the molecule is CCCO[C@@H]1C[C@@H](c2nc(C)nn2CC(F)(F)F)CC[C@H]1N.Cl. The van der Waals surface area contributed by atoms with E-state index in [0.717, 1.165) is 17.5 Å². The third-order valence-electron chi connectivity index (χ3n) is 3.88. The van der Waals surface area contributed by atoms with Gasteiger partial charge < -0.3 is 10.5 Å². The van der Waals surface area contributed by atoms with Gasteiger partial charge in [0.25, 0.3) is 0 Å². The van der Waals surface area contributed by atoms with E-state index in [1.165, 1.54) is 0 Å². The molecule has 2 N–H and O–H groups in total. The van der Waals surface area contributed by atoms with Gasteiger partial charge in [-0.2, -0.15) is 18.3 Å². The molecule has 1 aromatic heterocycles. The second kappa shape index (κ2) is 8.30. The summed E-state index contributed by atoms with van der Waals surface area (Å²) in [5.41, 5.74) is 6.06. The van der Waals surface area contributed by atoms with Crippen molar-refractivity contribution in [1.29, 1.82) is 0 Å². The normalized spacial score (nSPS) is 25.2. The van der Waals surface area contributed by atoms with Crippen molar-refractivity contribution in [3.05, 3.63) is 11.6 Å². The maximum absolute atomic E-state index is 12.7. The van der Waals surface area contributed by atoms with E-state index < -0.39 is 12.7 Å². The lowest BCUT2D eigenvalue weighted by Crippen LogP contribution is -2.42. The molecule has 1 aliphatic rings. The number of aryl methyl sites for hydroxylation is 1. The summed E-state index contributed by atoms with van der Waals surface area (Å²) in [5, 5.41) is 3.89. The number of rotatable bonds is 5. The second-order valence-electron chi connectivity index (χ2n) is 5.87. The van der Waals surface area contributed by atoms with Crippen LogP contribution in [0.3, 0.4) is 0 Å². The zero-order chi connectivity index (χ0) is 16.3. The number of hydrogen-bond donors (Lipinski definition) is 1. The highest BCUT2D eigenvalue weighted by Gasteiger charge is 2.35. The molecule has 0 radical (unpaired) electrons. The quantitative estimate of drug-likeness (QED) is 0.880. The Balaban J connectivity index is 0.00000264. The fourth-order valence-corrected chi connectivity index (χ4v) is 2.91. The summed E-state index contributed by atoms with van der Waals surface area (Å²) in [6.07, 6.45) is -1.53.